The van der Waals surface area contributed by atoms with Gasteiger partial charge in [0.05, 0.1) is 5.92 Å². The summed E-state index contributed by atoms with van der Waals surface area (Å²) in [6.07, 6.45) is 3.52. The SMILES string of the molecule is O=C(NCc1cccc(NC(=O)N2CCCC2)c1)C1CCCN(C(=O)c2ccc(F)cc2)C1. The van der Waals surface area contributed by atoms with E-state index in [0.29, 0.717) is 37.3 Å². The van der Waals surface area contributed by atoms with Crippen LogP contribution in [0.3, 0.4) is 0 Å². The summed E-state index contributed by atoms with van der Waals surface area (Å²) in [6.45, 7) is 2.83. The van der Waals surface area contributed by atoms with Crippen molar-refractivity contribution in [2.45, 2.75) is 32.2 Å². The number of rotatable bonds is 5. The van der Waals surface area contributed by atoms with Crippen LogP contribution >= 0.6 is 0 Å². The molecule has 2 saturated heterocycles. The molecule has 0 saturated carbocycles. The van der Waals surface area contributed by atoms with Crippen molar-refractivity contribution in [1.82, 2.24) is 15.1 Å². The summed E-state index contributed by atoms with van der Waals surface area (Å²) in [5.41, 5.74) is 2.01. The van der Waals surface area contributed by atoms with Crippen LogP contribution in [-0.2, 0) is 11.3 Å². The molecule has 2 aliphatic heterocycles. The molecule has 2 N–H and O–H groups in total. The van der Waals surface area contributed by atoms with Crippen LogP contribution < -0.4 is 10.6 Å². The molecule has 0 bridgehead atoms. The Morgan fingerprint density at radius 1 is 0.939 bits per heavy atom. The second-order valence-corrected chi connectivity index (χ2v) is 8.64. The molecule has 0 spiro atoms. The summed E-state index contributed by atoms with van der Waals surface area (Å²) >= 11 is 0. The van der Waals surface area contributed by atoms with Gasteiger partial charge in [0.2, 0.25) is 5.91 Å². The van der Waals surface area contributed by atoms with Crippen LogP contribution in [-0.4, -0.2) is 53.8 Å². The molecule has 0 aliphatic carbocycles. The molecular weight excluding hydrogens is 423 g/mol. The van der Waals surface area contributed by atoms with E-state index in [0.717, 1.165) is 37.9 Å². The summed E-state index contributed by atoms with van der Waals surface area (Å²) in [5, 5.41) is 5.88. The number of piperidine rings is 1. The second kappa shape index (κ2) is 10.5. The Morgan fingerprint density at radius 2 is 1.67 bits per heavy atom. The fourth-order valence-electron chi connectivity index (χ4n) is 4.37. The lowest BCUT2D eigenvalue weighted by molar-refractivity contribution is -0.126. The Hall–Kier alpha value is -3.42. The van der Waals surface area contributed by atoms with Crippen molar-refractivity contribution in [3.05, 3.63) is 65.5 Å². The van der Waals surface area contributed by atoms with Crippen molar-refractivity contribution in [1.29, 1.82) is 0 Å². The van der Waals surface area contributed by atoms with E-state index < -0.39 is 0 Å². The topological polar surface area (TPSA) is 81.8 Å². The van der Waals surface area contributed by atoms with Crippen molar-refractivity contribution in [3.63, 3.8) is 0 Å². The summed E-state index contributed by atoms with van der Waals surface area (Å²) in [6, 6.07) is 12.8. The third-order valence-corrected chi connectivity index (χ3v) is 6.21. The number of benzene rings is 2. The minimum atomic E-state index is -0.387. The number of hydrogen-bond donors (Lipinski definition) is 2. The standard InChI is InChI=1S/C25H29FN4O3/c26-21-10-8-19(9-11-21)24(32)30-14-4-6-20(17-30)23(31)27-16-18-5-3-7-22(15-18)28-25(33)29-12-1-2-13-29/h3,5,7-11,15,20H,1-2,4,6,12-14,16-17H2,(H,27,31)(H,28,33). The van der Waals surface area contributed by atoms with Gasteiger partial charge in [0.15, 0.2) is 0 Å². The third kappa shape index (κ3) is 5.88. The fraction of sp³-hybridized carbons (Fsp3) is 0.400. The van der Waals surface area contributed by atoms with Crippen LogP contribution in [0.25, 0.3) is 0 Å². The van der Waals surface area contributed by atoms with Gasteiger partial charge >= 0.3 is 6.03 Å². The Balaban J connectivity index is 1.29. The van der Waals surface area contributed by atoms with E-state index in [1.54, 1.807) is 9.80 Å². The largest absolute Gasteiger partial charge is 0.352 e. The third-order valence-electron chi connectivity index (χ3n) is 6.21. The lowest BCUT2D eigenvalue weighted by Gasteiger charge is -2.32. The zero-order valence-corrected chi connectivity index (χ0v) is 18.6. The quantitative estimate of drug-likeness (QED) is 0.727. The molecule has 2 aromatic rings. The Labute approximate surface area is 192 Å². The predicted molar refractivity (Wildman–Crippen MR) is 123 cm³/mol. The van der Waals surface area contributed by atoms with Crippen molar-refractivity contribution >= 4 is 23.5 Å². The van der Waals surface area contributed by atoms with E-state index in [2.05, 4.69) is 10.6 Å². The van der Waals surface area contributed by atoms with Crippen molar-refractivity contribution in [2.24, 2.45) is 5.92 Å². The van der Waals surface area contributed by atoms with Gasteiger partial charge in [0.25, 0.3) is 5.91 Å². The molecule has 2 heterocycles. The summed E-state index contributed by atoms with van der Waals surface area (Å²) in [7, 11) is 0. The number of urea groups is 1. The molecule has 0 aromatic heterocycles. The molecule has 2 aliphatic rings. The second-order valence-electron chi connectivity index (χ2n) is 8.64. The normalized spacial score (nSPS) is 18.2. The van der Waals surface area contributed by atoms with E-state index >= 15 is 0 Å². The molecule has 4 amide bonds. The minimum Gasteiger partial charge on any atom is -0.352 e. The minimum absolute atomic E-state index is 0.0956. The van der Waals surface area contributed by atoms with Crippen LogP contribution in [0.5, 0.6) is 0 Å². The van der Waals surface area contributed by atoms with Crippen LogP contribution in [0.2, 0.25) is 0 Å². The molecule has 1 unspecified atom stereocenters. The van der Waals surface area contributed by atoms with Gasteiger partial charge in [-0.3, -0.25) is 9.59 Å². The molecule has 0 radical (unpaired) electrons. The fourth-order valence-corrected chi connectivity index (χ4v) is 4.37. The number of nitrogens with one attached hydrogen (secondary N) is 2. The predicted octanol–water partition coefficient (Wildman–Crippen LogP) is 3.62. The van der Waals surface area contributed by atoms with Crippen LogP contribution in [0.4, 0.5) is 14.9 Å². The average molecular weight is 453 g/mol. The number of likely N-dealkylation sites (tertiary alicyclic amines) is 2. The monoisotopic (exact) mass is 452 g/mol. The van der Waals surface area contributed by atoms with Crippen molar-refractivity contribution in [2.75, 3.05) is 31.5 Å². The number of halogens is 1. The highest BCUT2D eigenvalue weighted by Crippen LogP contribution is 2.20. The van der Waals surface area contributed by atoms with E-state index in [4.69, 9.17) is 0 Å². The molecule has 2 fully saturated rings. The van der Waals surface area contributed by atoms with Crippen LogP contribution in [0.1, 0.15) is 41.6 Å². The first-order valence-corrected chi connectivity index (χ1v) is 11.5. The highest BCUT2D eigenvalue weighted by atomic mass is 19.1. The molecule has 1 atom stereocenters. The number of carbonyl (C=O) groups excluding carboxylic acids is 3. The maximum absolute atomic E-state index is 13.1. The number of amides is 4. The molecule has 4 rings (SSSR count). The summed E-state index contributed by atoms with van der Waals surface area (Å²) in [5.74, 6) is -0.963. The Bertz CT molecular complexity index is 1000. The van der Waals surface area contributed by atoms with E-state index in [-0.39, 0.29) is 29.6 Å². The van der Waals surface area contributed by atoms with Crippen LogP contribution in [0.15, 0.2) is 48.5 Å². The van der Waals surface area contributed by atoms with Crippen molar-refractivity contribution in [3.8, 4) is 0 Å². The van der Waals surface area contributed by atoms with Gasteiger partial charge in [-0.1, -0.05) is 12.1 Å². The zero-order valence-electron chi connectivity index (χ0n) is 18.6. The van der Waals surface area contributed by atoms with Gasteiger partial charge in [-0.05, 0) is 67.6 Å². The Kier molecular flexibility index (Phi) is 7.22. The number of nitrogens with zero attached hydrogens (tertiary/aromatic N) is 2. The molecule has 8 heteroatoms. The van der Waals surface area contributed by atoms with Gasteiger partial charge < -0.3 is 20.4 Å². The smallest absolute Gasteiger partial charge is 0.321 e. The average Bonchev–Trinajstić information content (AvgIpc) is 3.38. The van der Waals surface area contributed by atoms with E-state index in [1.807, 2.05) is 24.3 Å². The van der Waals surface area contributed by atoms with E-state index in [1.165, 1.54) is 24.3 Å². The first kappa shape index (κ1) is 22.8. The molecule has 7 nitrogen and oxygen atoms in total. The molecular formula is C25H29FN4O3. The lowest BCUT2D eigenvalue weighted by Crippen LogP contribution is -2.45. The van der Waals surface area contributed by atoms with Gasteiger partial charge in [-0.15, -0.1) is 0 Å². The molecule has 33 heavy (non-hydrogen) atoms. The maximum Gasteiger partial charge on any atom is 0.321 e. The first-order valence-electron chi connectivity index (χ1n) is 11.5. The first-order chi connectivity index (χ1) is 16.0. The highest BCUT2D eigenvalue weighted by molar-refractivity contribution is 5.94. The molecule has 2 aromatic carbocycles. The van der Waals surface area contributed by atoms with E-state index in [9.17, 15) is 18.8 Å². The summed E-state index contributed by atoms with van der Waals surface area (Å²) in [4.78, 5) is 41.3. The zero-order chi connectivity index (χ0) is 23.2. The summed E-state index contributed by atoms with van der Waals surface area (Å²) < 4.78 is 13.1. The molecule has 174 valence electrons. The van der Waals surface area contributed by atoms with Gasteiger partial charge in [-0.25, -0.2) is 9.18 Å². The number of hydrogen-bond acceptors (Lipinski definition) is 3. The number of carbonyl (C=O) groups is 3. The maximum atomic E-state index is 13.1. The van der Waals surface area contributed by atoms with Gasteiger partial charge in [0, 0.05) is 44.0 Å². The lowest BCUT2D eigenvalue weighted by atomic mass is 9.96. The highest BCUT2D eigenvalue weighted by Gasteiger charge is 2.29. The van der Waals surface area contributed by atoms with Crippen molar-refractivity contribution < 1.29 is 18.8 Å². The van der Waals surface area contributed by atoms with Gasteiger partial charge in [0.1, 0.15) is 5.82 Å². The number of anilines is 1. The van der Waals surface area contributed by atoms with Gasteiger partial charge in [-0.2, -0.15) is 0 Å². The van der Waals surface area contributed by atoms with Crippen LogP contribution in [0, 0.1) is 11.7 Å². The Morgan fingerprint density at radius 3 is 2.42 bits per heavy atom.